The fraction of sp³-hybridized carbons (Fsp3) is 0.462. The minimum Gasteiger partial charge on any atom is -0.398 e. The Kier molecular flexibility index (Phi) is 4.24. The minimum atomic E-state index is 0.169. The van der Waals surface area contributed by atoms with Crippen molar-refractivity contribution in [3.05, 3.63) is 28.2 Å². The highest BCUT2D eigenvalue weighted by Crippen LogP contribution is 2.21. The highest BCUT2D eigenvalue weighted by molar-refractivity contribution is 9.10. The van der Waals surface area contributed by atoms with Gasteiger partial charge in [0.15, 0.2) is 0 Å². The Morgan fingerprint density at radius 2 is 2.00 bits per heavy atom. The average molecular weight is 312 g/mol. The van der Waals surface area contributed by atoms with E-state index in [-0.39, 0.29) is 5.91 Å². The number of nitrogens with zero attached hydrogens (tertiary/aromatic N) is 2. The summed E-state index contributed by atoms with van der Waals surface area (Å²) in [6, 6.07) is 6.07. The highest BCUT2D eigenvalue weighted by atomic mass is 79.9. The molecule has 0 unspecified atom stereocenters. The molecule has 2 N–H and O–H groups in total. The molecular formula is C13H18BrN3O. The van der Waals surface area contributed by atoms with E-state index >= 15 is 0 Å². The van der Waals surface area contributed by atoms with Crippen LogP contribution in [0.2, 0.25) is 0 Å². The zero-order valence-corrected chi connectivity index (χ0v) is 12.1. The summed E-state index contributed by atoms with van der Waals surface area (Å²) in [6.07, 6.45) is 0. The molecule has 0 spiro atoms. The van der Waals surface area contributed by atoms with Gasteiger partial charge in [0.1, 0.15) is 0 Å². The number of benzene rings is 1. The maximum Gasteiger partial charge on any atom is 0.219 e. The summed E-state index contributed by atoms with van der Waals surface area (Å²) >= 11 is 3.40. The molecule has 0 atom stereocenters. The van der Waals surface area contributed by atoms with E-state index in [2.05, 4.69) is 26.9 Å². The molecule has 1 fully saturated rings. The van der Waals surface area contributed by atoms with Crippen molar-refractivity contribution in [3.8, 4) is 0 Å². The molecule has 1 saturated heterocycles. The third-order valence-corrected chi connectivity index (χ3v) is 4.01. The molecule has 0 radical (unpaired) electrons. The molecule has 1 aliphatic rings. The Balaban J connectivity index is 1.91. The first-order valence-corrected chi connectivity index (χ1v) is 6.87. The van der Waals surface area contributed by atoms with Crippen LogP contribution in [-0.4, -0.2) is 41.9 Å². The lowest BCUT2D eigenvalue weighted by Gasteiger charge is -2.34. The molecule has 1 aromatic rings. The van der Waals surface area contributed by atoms with Gasteiger partial charge in [-0.2, -0.15) is 0 Å². The van der Waals surface area contributed by atoms with Crippen LogP contribution in [0, 0.1) is 0 Å². The predicted molar refractivity (Wildman–Crippen MR) is 76.1 cm³/mol. The van der Waals surface area contributed by atoms with Crippen molar-refractivity contribution in [1.82, 2.24) is 9.80 Å². The number of hydrogen-bond donors (Lipinski definition) is 1. The fourth-order valence-corrected chi connectivity index (χ4v) is 2.42. The first-order valence-electron chi connectivity index (χ1n) is 6.08. The second kappa shape index (κ2) is 5.71. The number of anilines is 1. The Bertz CT molecular complexity index is 442. The van der Waals surface area contributed by atoms with E-state index in [9.17, 15) is 4.79 Å². The number of nitrogen functional groups attached to an aromatic ring is 1. The first-order chi connectivity index (χ1) is 8.56. The molecule has 0 saturated carbocycles. The molecule has 1 aromatic carbocycles. The summed E-state index contributed by atoms with van der Waals surface area (Å²) < 4.78 is 0.938. The van der Waals surface area contributed by atoms with E-state index in [1.165, 1.54) is 5.56 Å². The van der Waals surface area contributed by atoms with Crippen LogP contribution in [0.4, 0.5) is 5.69 Å². The lowest BCUT2D eigenvalue weighted by Crippen LogP contribution is -2.47. The Hall–Kier alpha value is -1.07. The van der Waals surface area contributed by atoms with Crippen molar-refractivity contribution in [1.29, 1.82) is 0 Å². The van der Waals surface area contributed by atoms with Gasteiger partial charge in [-0.25, -0.2) is 0 Å². The smallest absolute Gasteiger partial charge is 0.219 e. The van der Waals surface area contributed by atoms with Crippen molar-refractivity contribution in [2.75, 3.05) is 31.9 Å². The van der Waals surface area contributed by atoms with Crippen molar-refractivity contribution >= 4 is 27.5 Å². The second-order valence-electron chi connectivity index (χ2n) is 4.64. The highest BCUT2D eigenvalue weighted by Gasteiger charge is 2.18. The number of amides is 1. The monoisotopic (exact) mass is 311 g/mol. The number of carbonyl (C=O) groups is 1. The lowest BCUT2D eigenvalue weighted by molar-refractivity contribution is -0.130. The van der Waals surface area contributed by atoms with Crippen LogP contribution < -0.4 is 5.73 Å². The van der Waals surface area contributed by atoms with E-state index in [0.717, 1.165) is 42.9 Å². The second-order valence-corrected chi connectivity index (χ2v) is 5.49. The van der Waals surface area contributed by atoms with Crippen LogP contribution in [0.3, 0.4) is 0 Å². The van der Waals surface area contributed by atoms with Gasteiger partial charge in [0.25, 0.3) is 0 Å². The Morgan fingerprint density at radius 3 is 2.56 bits per heavy atom. The maximum atomic E-state index is 11.2. The third kappa shape index (κ3) is 3.23. The van der Waals surface area contributed by atoms with Crippen molar-refractivity contribution in [2.45, 2.75) is 13.5 Å². The summed E-state index contributed by atoms with van der Waals surface area (Å²) in [6.45, 7) is 6.02. The number of hydrogen-bond acceptors (Lipinski definition) is 3. The first kappa shape index (κ1) is 13.4. The van der Waals surface area contributed by atoms with Crippen molar-refractivity contribution in [3.63, 3.8) is 0 Å². The van der Waals surface area contributed by atoms with Crippen LogP contribution in [0.15, 0.2) is 22.7 Å². The quantitative estimate of drug-likeness (QED) is 0.846. The fourth-order valence-electron chi connectivity index (χ4n) is 2.17. The SMILES string of the molecule is CC(=O)N1CCN(Cc2ccc(Br)c(N)c2)CC1. The van der Waals surface area contributed by atoms with Crippen LogP contribution in [0.25, 0.3) is 0 Å². The molecular weight excluding hydrogens is 294 g/mol. The Morgan fingerprint density at radius 1 is 1.33 bits per heavy atom. The van der Waals surface area contributed by atoms with Crippen molar-refractivity contribution < 1.29 is 4.79 Å². The van der Waals surface area contributed by atoms with Crippen LogP contribution in [-0.2, 0) is 11.3 Å². The molecule has 1 amide bonds. The molecule has 0 aliphatic carbocycles. The van der Waals surface area contributed by atoms with Gasteiger partial charge in [0, 0.05) is 49.8 Å². The van der Waals surface area contributed by atoms with E-state index in [0.29, 0.717) is 0 Å². The van der Waals surface area contributed by atoms with Gasteiger partial charge < -0.3 is 10.6 Å². The molecule has 1 aliphatic heterocycles. The standard InChI is InChI=1S/C13H18BrN3O/c1-10(18)17-6-4-16(5-7-17)9-11-2-3-12(14)13(15)8-11/h2-3,8H,4-7,9,15H2,1H3. The number of carbonyl (C=O) groups excluding carboxylic acids is 1. The molecule has 1 heterocycles. The molecule has 5 heteroatoms. The Labute approximate surface area is 116 Å². The van der Waals surface area contributed by atoms with E-state index in [1.807, 2.05) is 17.0 Å². The average Bonchev–Trinajstić information content (AvgIpc) is 2.34. The zero-order valence-electron chi connectivity index (χ0n) is 10.5. The third-order valence-electron chi connectivity index (χ3n) is 3.28. The minimum absolute atomic E-state index is 0.169. The molecule has 2 rings (SSSR count). The van der Waals surface area contributed by atoms with Crippen LogP contribution in [0.1, 0.15) is 12.5 Å². The summed E-state index contributed by atoms with van der Waals surface area (Å²) in [5.41, 5.74) is 7.86. The summed E-state index contributed by atoms with van der Waals surface area (Å²) in [7, 11) is 0. The van der Waals surface area contributed by atoms with E-state index in [4.69, 9.17) is 5.73 Å². The van der Waals surface area contributed by atoms with Gasteiger partial charge in [-0.15, -0.1) is 0 Å². The lowest BCUT2D eigenvalue weighted by atomic mass is 10.2. The van der Waals surface area contributed by atoms with Gasteiger partial charge in [-0.05, 0) is 33.6 Å². The van der Waals surface area contributed by atoms with Crippen LogP contribution >= 0.6 is 15.9 Å². The normalized spacial score (nSPS) is 16.9. The molecule has 4 nitrogen and oxygen atoms in total. The van der Waals surface area contributed by atoms with Gasteiger partial charge >= 0.3 is 0 Å². The largest absolute Gasteiger partial charge is 0.398 e. The topological polar surface area (TPSA) is 49.6 Å². The van der Waals surface area contributed by atoms with Crippen LogP contribution in [0.5, 0.6) is 0 Å². The van der Waals surface area contributed by atoms with Gasteiger partial charge in [0.2, 0.25) is 5.91 Å². The van der Waals surface area contributed by atoms with Gasteiger partial charge in [0.05, 0.1) is 0 Å². The molecule has 18 heavy (non-hydrogen) atoms. The zero-order chi connectivity index (χ0) is 13.1. The van der Waals surface area contributed by atoms with E-state index in [1.54, 1.807) is 6.92 Å². The molecule has 0 bridgehead atoms. The summed E-state index contributed by atoms with van der Waals surface area (Å²) in [4.78, 5) is 15.5. The summed E-state index contributed by atoms with van der Waals surface area (Å²) in [5.74, 6) is 0.169. The number of rotatable bonds is 2. The number of piperazine rings is 1. The predicted octanol–water partition coefficient (Wildman–Crippen LogP) is 1.70. The van der Waals surface area contributed by atoms with E-state index < -0.39 is 0 Å². The number of halogens is 1. The number of nitrogens with two attached hydrogens (primary N) is 1. The molecule has 98 valence electrons. The maximum absolute atomic E-state index is 11.2. The van der Waals surface area contributed by atoms with Gasteiger partial charge in [-0.3, -0.25) is 9.69 Å². The van der Waals surface area contributed by atoms with Gasteiger partial charge in [-0.1, -0.05) is 6.07 Å². The van der Waals surface area contributed by atoms with Crippen molar-refractivity contribution in [2.24, 2.45) is 0 Å². The molecule has 0 aromatic heterocycles. The summed E-state index contributed by atoms with van der Waals surface area (Å²) in [5, 5.41) is 0.